The van der Waals surface area contributed by atoms with E-state index in [1.54, 1.807) is 0 Å². The lowest BCUT2D eigenvalue weighted by Crippen LogP contribution is -2.71. The molecule has 4 heterocycles. The molecule has 1 unspecified atom stereocenters. The summed E-state index contributed by atoms with van der Waals surface area (Å²) in [4.78, 5) is 36.5. The number of carbonyl (C=O) groups excluding carboxylic acids is 1. The van der Waals surface area contributed by atoms with E-state index in [0.717, 1.165) is 6.92 Å². The number of aliphatic hydroxyl groups is 11. The lowest BCUT2D eigenvalue weighted by Gasteiger charge is -2.50. The van der Waals surface area contributed by atoms with E-state index in [4.69, 9.17) is 33.2 Å². The summed E-state index contributed by atoms with van der Waals surface area (Å²) < 4.78 is 38.3. The number of amides is 1. The lowest BCUT2D eigenvalue weighted by molar-refractivity contribution is -0.369. The van der Waals surface area contributed by atoms with Crippen LogP contribution in [-0.2, 0) is 47.5 Å². The number of carbonyl (C=O) groups is 3. The quantitative estimate of drug-likeness (QED) is 0.0770. The number of ether oxygens (including phenoxy) is 7. The molecule has 312 valence electrons. The molecular formula is C29H48N2O23. The van der Waals surface area contributed by atoms with Crippen LogP contribution in [0.3, 0.4) is 0 Å². The van der Waals surface area contributed by atoms with E-state index in [1.165, 1.54) is 13.8 Å². The number of nitrogens with one attached hydrogen (secondary N) is 2. The number of hydrogen-bond acceptors (Lipinski definition) is 22. The van der Waals surface area contributed by atoms with Gasteiger partial charge >= 0.3 is 11.9 Å². The number of aliphatic hydroxyl groups excluding tert-OH is 10. The summed E-state index contributed by atoms with van der Waals surface area (Å²) in [6.07, 6.45) is -36.3. The number of aliphatic carboxylic acids is 2. The van der Waals surface area contributed by atoms with Gasteiger partial charge in [0.15, 0.2) is 37.4 Å². The second-order valence-electron chi connectivity index (χ2n) is 13.7. The minimum Gasteiger partial charge on any atom is -0.479 e. The lowest BCUT2D eigenvalue weighted by atomic mass is 9.93. The smallest absolute Gasteiger partial charge is 0.335 e. The molecule has 25 nitrogen and oxygen atoms in total. The maximum Gasteiger partial charge on any atom is 0.335 e. The topological polar surface area (TPSA) is 403 Å². The van der Waals surface area contributed by atoms with Crippen LogP contribution < -0.4 is 10.6 Å². The highest BCUT2D eigenvalue weighted by Crippen LogP contribution is 2.34. The van der Waals surface area contributed by atoms with Gasteiger partial charge in [-0.25, -0.2) is 9.59 Å². The number of rotatable bonds is 13. The molecule has 0 radical (unpaired) electrons. The molecule has 54 heavy (non-hydrogen) atoms. The molecule has 20 atom stereocenters. The first-order chi connectivity index (χ1) is 25.1. The SMILES string of the molecule is CC(=O)N[C@H]1[C@H](O[C@H]2[C@H](O)[C@@H](O)[C@H](O[C@H]3[C@H](O)[C@@H](CO)OC(O)[C@@H]3NC(C)(C)O)O[C@@H]2C(=O)O)O[C@H](CO)[C@@H](O)[C@@H]1O[C@@H]1O[C@H](C(=O)O)[C@@H](O)[C@H](O)[C@H]1O. The van der Waals surface area contributed by atoms with Crippen LogP contribution in [-0.4, -0.2) is 226 Å². The Morgan fingerprint density at radius 3 is 1.54 bits per heavy atom. The Hall–Kier alpha value is -2.35. The first kappa shape index (κ1) is 44.4. The van der Waals surface area contributed by atoms with E-state index in [0.29, 0.717) is 0 Å². The molecule has 4 rings (SSSR count). The Balaban J connectivity index is 1.62. The number of hydrogen-bond donors (Lipinski definition) is 15. The van der Waals surface area contributed by atoms with Crippen molar-refractivity contribution in [2.75, 3.05) is 13.2 Å². The first-order valence-corrected chi connectivity index (χ1v) is 16.6. The first-order valence-electron chi connectivity index (χ1n) is 16.6. The van der Waals surface area contributed by atoms with Crippen LogP contribution in [0.1, 0.15) is 20.8 Å². The second kappa shape index (κ2) is 17.8. The summed E-state index contributed by atoms with van der Waals surface area (Å²) in [7, 11) is 0. The van der Waals surface area contributed by atoms with E-state index < -0.39 is 159 Å². The average Bonchev–Trinajstić information content (AvgIpc) is 3.08. The van der Waals surface area contributed by atoms with Crippen molar-refractivity contribution in [1.82, 2.24) is 10.6 Å². The van der Waals surface area contributed by atoms with Crippen molar-refractivity contribution in [1.29, 1.82) is 0 Å². The minimum absolute atomic E-state index is 0.850. The van der Waals surface area contributed by atoms with Crippen LogP contribution in [0.25, 0.3) is 0 Å². The molecule has 4 saturated heterocycles. The predicted octanol–water partition coefficient (Wildman–Crippen LogP) is -9.09. The van der Waals surface area contributed by atoms with Gasteiger partial charge in [0, 0.05) is 6.92 Å². The van der Waals surface area contributed by atoms with Crippen molar-refractivity contribution in [2.24, 2.45) is 0 Å². The third kappa shape index (κ3) is 9.60. The zero-order valence-corrected chi connectivity index (χ0v) is 28.9. The zero-order valence-electron chi connectivity index (χ0n) is 28.9. The highest BCUT2D eigenvalue weighted by molar-refractivity contribution is 5.74. The summed E-state index contributed by atoms with van der Waals surface area (Å²) in [5.41, 5.74) is -1.75. The van der Waals surface area contributed by atoms with Gasteiger partial charge in [0.05, 0.1) is 19.3 Å². The average molecular weight is 793 g/mol. The van der Waals surface area contributed by atoms with Crippen LogP contribution in [0.4, 0.5) is 0 Å². The Kier molecular flexibility index (Phi) is 14.7. The van der Waals surface area contributed by atoms with Gasteiger partial charge in [-0.05, 0) is 13.8 Å². The van der Waals surface area contributed by atoms with Gasteiger partial charge in [0.25, 0.3) is 0 Å². The third-order valence-corrected chi connectivity index (χ3v) is 9.09. The van der Waals surface area contributed by atoms with Crippen LogP contribution in [0.2, 0.25) is 0 Å². The van der Waals surface area contributed by atoms with Crippen molar-refractivity contribution in [3.05, 3.63) is 0 Å². The highest BCUT2D eigenvalue weighted by Gasteiger charge is 2.57. The van der Waals surface area contributed by atoms with Crippen molar-refractivity contribution < 1.29 is 114 Å². The van der Waals surface area contributed by atoms with Crippen molar-refractivity contribution in [2.45, 2.75) is 149 Å². The molecule has 0 bridgehead atoms. The molecule has 0 aromatic rings. The maximum absolute atomic E-state index is 12.5. The summed E-state index contributed by atoms with van der Waals surface area (Å²) in [6.45, 7) is 1.61. The van der Waals surface area contributed by atoms with Gasteiger partial charge in [-0.1, -0.05) is 0 Å². The molecular weight excluding hydrogens is 744 g/mol. The standard InChI is InChI=1S/C29H48N2O23/c1-6(34)30-10-19(51-27-16(40)13(37)14(38)21(53-27)23(42)43)12(36)8(5-33)49-26(10)52-20-15(39)17(41)28(54-22(20)24(44)45)50-18-9(31-29(2,3)47)25(46)48-7(4-32)11(18)35/h7-22,25-28,31-33,35-41,46-47H,4-5H2,1-3H3,(H,30,34)(H,42,43)(H,44,45)/t7-,8-,9-,10-,11-,12-,13+,14+,15-,16-,17-,18-,19-,20+,21+,22+,25?,26+,27-,28-/m1/s1. The van der Waals surface area contributed by atoms with E-state index in [-0.39, 0.29) is 0 Å². The fourth-order valence-electron chi connectivity index (χ4n) is 6.47. The van der Waals surface area contributed by atoms with Gasteiger partial charge in [-0.15, -0.1) is 0 Å². The van der Waals surface area contributed by atoms with Crippen molar-refractivity contribution in [3.63, 3.8) is 0 Å². The molecule has 1 amide bonds. The van der Waals surface area contributed by atoms with Crippen molar-refractivity contribution >= 4 is 17.8 Å². The number of carboxylic acid groups (broad SMARTS) is 2. The van der Waals surface area contributed by atoms with Gasteiger partial charge in [-0.2, -0.15) is 0 Å². The van der Waals surface area contributed by atoms with Crippen LogP contribution in [0.5, 0.6) is 0 Å². The van der Waals surface area contributed by atoms with Crippen molar-refractivity contribution in [3.8, 4) is 0 Å². The minimum atomic E-state index is -2.29. The molecule has 0 aromatic carbocycles. The molecule has 4 aliphatic rings. The van der Waals surface area contributed by atoms with Crippen LogP contribution in [0, 0.1) is 0 Å². The van der Waals surface area contributed by atoms with E-state index in [1.807, 2.05) is 0 Å². The van der Waals surface area contributed by atoms with Gasteiger partial charge in [0.1, 0.15) is 85.0 Å². The molecule has 4 aliphatic heterocycles. The Labute approximate surface area is 305 Å². The molecule has 0 aromatic heterocycles. The van der Waals surface area contributed by atoms with E-state index in [2.05, 4.69) is 10.6 Å². The molecule has 0 aliphatic carbocycles. The molecule has 15 N–H and O–H groups in total. The summed E-state index contributed by atoms with van der Waals surface area (Å²) in [6, 6.07) is -3.30. The largest absolute Gasteiger partial charge is 0.479 e. The van der Waals surface area contributed by atoms with Gasteiger partial charge in [0.2, 0.25) is 5.91 Å². The normalized spacial score (nSPS) is 46.1. The summed E-state index contributed by atoms with van der Waals surface area (Å²) in [5, 5.41) is 140. The fourth-order valence-corrected chi connectivity index (χ4v) is 6.47. The fraction of sp³-hybridized carbons (Fsp3) is 0.897. The summed E-state index contributed by atoms with van der Waals surface area (Å²) in [5.74, 6) is -4.51. The number of carboxylic acids is 2. The Morgan fingerprint density at radius 1 is 0.593 bits per heavy atom. The van der Waals surface area contributed by atoms with Gasteiger partial charge in [-0.3, -0.25) is 10.1 Å². The molecule has 0 spiro atoms. The zero-order chi connectivity index (χ0) is 40.6. The summed E-state index contributed by atoms with van der Waals surface area (Å²) >= 11 is 0. The highest BCUT2D eigenvalue weighted by atomic mass is 16.8. The Morgan fingerprint density at radius 2 is 1.06 bits per heavy atom. The molecule has 25 heteroatoms. The second-order valence-corrected chi connectivity index (χ2v) is 13.7. The van der Waals surface area contributed by atoms with Crippen LogP contribution >= 0.6 is 0 Å². The van der Waals surface area contributed by atoms with E-state index in [9.17, 15) is 80.8 Å². The molecule has 0 saturated carbocycles. The monoisotopic (exact) mass is 792 g/mol. The Bertz CT molecular complexity index is 1290. The van der Waals surface area contributed by atoms with Crippen LogP contribution in [0.15, 0.2) is 0 Å². The third-order valence-electron chi connectivity index (χ3n) is 9.09. The van der Waals surface area contributed by atoms with E-state index >= 15 is 0 Å². The maximum atomic E-state index is 12.5. The molecule has 4 fully saturated rings. The predicted molar refractivity (Wildman–Crippen MR) is 164 cm³/mol. The van der Waals surface area contributed by atoms with Gasteiger partial charge < -0.3 is 105 Å².